The van der Waals surface area contributed by atoms with Gasteiger partial charge in [0.05, 0.1) is 19.3 Å². The maximum Gasteiger partial charge on any atom is 0.116 e. The lowest BCUT2D eigenvalue weighted by Crippen LogP contribution is -2.37. The summed E-state index contributed by atoms with van der Waals surface area (Å²) < 4.78 is 0. The zero-order valence-electron chi connectivity index (χ0n) is 12.1. The molecule has 0 saturated heterocycles. The summed E-state index contributed by atoms with van der Waals surface area (Å²) in [6.07, 6.45) is 1.67. The van der Waals surface area contributed by atoms with Gasteiger partial charge in [-0.25, -0.2) is 9.97 Å². The first-order chi connectivity index (χ1) is 9.55. The average molecular weight is 278 g/mol. The number of benzene rings is 2. The molecule has 3 rings (SSSR count). The summed E-state index contributed by atoms with van der Waals surface area (Å²) in [6.45, 7) is 7.06. The molecule has 20 heavy (non-hydrogen) atoms. The van der Waals surface area contributed by atoms with Crippen LogP contribution in [0.2, 0.25) is 19.6 Å². The molecule has 100 valence electrons. The van der Waals surface area contributed by atoms with Gasteiger partial charge in [0.15, 0.2) is 0 Å². The SMILES string of the molecule is C[Si](C)(C)c1ccc2c(-c3ccccc3)ncnc2c1. The molecule has 1 heterocycles. The summed E-state index contributed by atoms with van der Waals surface area (Å²) >= 11 is 0. The molecule has 0 saturated carbocycles. The Bertz CT molecular complexity index is 746. The van der Waals surface area contributed by atoms with E-state index in [1.165, 1.54) is 5.19 Å². The van der Waals surface area contributed by atoms with E-state index in [1.807, 2.05) is 18.2 Å². The summed E-state index contributed by atoms with van der Waals surface area (Å²) in [5.41, 5.74) is 3.19. The molecule has 2 nitrogen and oxygen atoms in total. The Balaban J connectivity index is 2.22. The molecule has 0 aliphatic rings. The van der Waals surface area contributed by atoms with Gasteiger partial charge in [0.25, 0.3) is 0 Å². The van der Waals surface area contributed by atoms with Crippen LogP contribution in [0.5, 0.6) is 0 Å². The number of hydrogen-bond donors (Lipinski definition) is 0. The Morgan fingerprint density at radius 3 is 2.30 bits per heavy atom. The van der Waals surface area contributed by atoms with Crippen molar-refractivity contribution < 1.29 is 0 Å². The molecule has 0 unspecified atom stereocenters. The molecular formula is C17H18N2Si. The van der Waals surface area contributed by atoms with Gasteiger partial charge in [0.1, 0.15) is 6.33 Å². The van der Waals surface area contributed by atoms with Gasteiger partial charge < -0.3 is 0 Å². The number of aromatic nitrogens is 2. The highest BCUT2D eigenvalue weighted by molar-refractivity contribution is 6.88. The zero-order chi connectivity index (χ0) is 14.2. The van der Waals surface area contributed by atoms with Crippen LogP contribution in [0.3, 0.4) is 0 Å². The zero-order valence-corrected chi connectivity index (χ0v) is 13.1. The van der Waals surface area contributed by atoms with E-state index in [-0.39, 0.29) is 0 Å². The third-order valence-electron chi connectivity index (χ3n) is 3.55. The minimum Gasteiger partial charge on any atom is -0.236 e. The number of fused-ring (bicyclic) bond motifs is 1. The number of rotatable bonds is 2. The summed E-state index contributed by atoms with van der Waals surface area (Å²) in [6, 6.07) is 16.9. The van der Waals surface area contributed by atoms with E-state index in [0.717, 1.165) is 22.2 Å². The van der Waals surface area contributed by atoms with Crippen LogP contribution in [0.15, 0.2) is 54.9 Å². The van der Waals surface area contributed by atoms with Crippen LogP contribution >= 0.6 is 0 Å². The lowest BCUT2D eigenvalue weighted by atomic mass is 10.1. The average Bonchev–Trinajstić information content (AvgIpc) is 2.46. The third-order valence-corrected chi connectivity index (χ3v) is 5.59. The van der Waals surface area contributed by atoms with Gasteiger partial charge in [-0.05, 0) is 6.07 Å². The minimum absolute atomic E-state index is 1.01. The van der Waals surface area contributed by atoms with Gasteiger partial charge in [-0.1, -0.05) is 67.3 Å². The van der Waals surface area contributed by atoms with E-state index in [4.69, 9.17) is 0 Å². The molecular weight excluding hydrogens is 260 g/mol. The first kappa shape index (κ1) is 13.0. The van der Waals surface area contributed by atoms with Gasteiger partial charge in [0, 0.05) is 10.9 Å². The standard InChI is InChI=1S/C17H18N2Si/c1-20(2,3)14-9-10-15-16(11-14)18-12-19-17(15)13-7-5-4-6-8-13/h4-12H,1-3H3. The Hall–Kier alpha value is -2.00. The van der Waals surface area contributed by atoms with Gasteiger partial charge in [-0.3, -0.25) is 0 Å². The molecule has 0 spiro atoms. The summed E-state index contributed by atoms with van der Waals surface area (Å²) in [7, 11) is -1.31. The summed E-state index contributed by atoms with van der Waals surface area (Å²) in [5.74, 6) is 0. The monoisotopic (exact) mass is 278 g/mol. The second kappa shape index (κ2) is 4.83. The molecule has 3 aromatic rings. The lowest BCUT2D eigenvalue weighted by molar-refractivity contribution is 1.23. The molecule has 3 heteroatoms. The van der Waals surface area contributed by atoms with Crippen LogP contribution in [0.4, 0.5) is 0 Å². The van der Waals surface area contributed by atoms with E-state index in [9.17, 15) is 0 Å². The van der Waals surface area contributed by atoms with E-state index in [2.05, 4.69) is 59.9 Å². The predicted octanol–water partition coefficient (Wildman–Crippen LogP) is 3.84. The smallest absolute Gasteiger partial charge is 0.116 e. The van der Waals surface area contributed by atoms with Crippen molar-refractivity contribution in [2.45, 2.75) is 19.6 Å². The van der Waals surface area contributed by atoms with Crippen LogP contribution in [0, 0.1) is 0 Å². The predicted molar refractivity (Wildman–Crippen MR) is 88.0 cm³/mol. The van der Waals surface area contributed by atoms with Crippen LogP contribution in [-0.2, 0) is 0 Å². The summed E-state index contributed by atoms with van der Waals surface area (Å²) in [4.78, 5) is 8.92. The fourth-order valence-electron chi connectivity index (χ4n) is 2.35. The minimum atomic E-state index is -1.31. The molecule has 0 amide bonds. The fourth-order valence-corrected chi connectivity index (χ4v) is 3.50. The molecule has 0 bridgehead atoms. The van der Waals surface area contributed by atoms with Crippen LogP contribution in [0.1, 0.15) is 0 Å². The topological polar surface area (TPSA) is 25.8 Å². The second-order valence-corrected chi connectivity index (χ2v) is 11.1. The van der Waals surface area contributed by atoms with Crippen molar-refractivity contribution >= 4 is 24.2 Å². The highest BCUT2D eigenvalue weighted by atomic mass is 28.3. The van der Waals surface area contributed by atoms with Gasteiger partial charge in [-0.2, -0.15) is 0 Å². The quantitative estimate of drug-likeness (QED) is 0.666. The number of nitrogens with zero attached hydrogens (tertiary/aromatic N) is 2. The van der Waals surface area contributed by atoms with E-state index in [1.54, 1.807) is 6.33 Å². The van der Waals surface area contributed by atoms with Crippen molar-refractivity contribution in [3.8, 4) is 11.3 Å². The van der Waals surface area contributed by atoms with E-state index in [0.29, 0.717) is 0 Å². The molecule has 0 fully saturated rings. The van der Waals surface area contributed by atoms with Crippen LogP contribution < -0.4 is 5.19 Å². The van der Waals surface area contributed by atoms with Crippen molar-refractivity contribution in [1.29, 1.82) is 0 Å². The molecule has 0 radical (unpaired) electrons. The van der Waals surface area contributed by atoms with Crippen LogP contribution in [0.25, 0.3) is 22.2 Å². The largest absolute Gasteiger partial charge is 0.236 e. The number of hydrogen-bond acceptors (Lipinski definition) is 2. The van der Waals surface area contributed by atoms with Crippen molar-refractivity contribution in [2.75, 3.05) is 0 Å². The molecule has 0 atom stereocenters. The van der Waals surface area contributed by atoms with Gasteiger partial charge >= 0.3 is 0 Å². The van der Waals surface area contributed by atoms with E-state index >= 15 is 0 Å². The van der Waals surface area contributed by atoms with Crippen LogP contribution in [-0.4, -0.2) is 18.0 Å². The lowest BCUT2D eigenvalue weighted by Gasteiger charge is -2.17. The van der Waals surface area contributed by atoms with Crippen molar-refractivity contribution in [2.24, 2.45) is 0 Å². The van der Waals surface area contributed by atoms with Gasteiger partial charge in [-0.15, -0.1) is 0 Å². The highest BCUT2D eigenvalue weighted by Gasteiger charge is 2.17. The summed E-state index contributed by atoms with van der Waals surface area (Å²) in [5, 5.41) is 2.56. The first-order valence-electron chi connectivity index (χ1n) is 6.86. The van der Waals surface area contributed by atoms with E-state index < -0.39 is 8.07 Å². The fraction of sp³-hybridized carbons (Fsp3) is 0.176. The van der Waals surface area contributed by atoms with Gasteiger partial charge in [0.2, 0.25) is 0 Å². The Kier molecular flexibility index (Phi) is 3.14. The molecule has 1 aromatic heterocycles. The first-order valence-corrected chi connectivity index (χ1v) is 10.4. The molecule has 0 N–H and O–H groups in total. The van der Waals surface area contributed by atoms with Crippen molar-refractivity contribution in [3.63, 3.8) is 0 Å². The normalized spacial score (nSPS) is 11.8. The Morgan fingerprint density at radius 2 is 1.60 bits per heavy atom. The molecule has 2 aromatic carbocycles. The molecule has 0 aliphatic heterocycles. The Morgan fingerprint density at radius 1 is 0.850 bits per heavy atom. The highest BCUT2D eigenvalue weighted by Crippen LogP contribution is 2.24. The third kappa shape index (κ3) is 2.37. The Labute approximate surface area is 120 Å². The molecule has 0 aliphatic carbocycles. The second-order valence-electron chi connectivity index (χ2n) is 6.07. The van der Waals surface area contributed by atoms with Crippen molar-refractivity contribution in [1.82, 2.24) is 9.97 Å². The maximum absolute atomic E-state index is 4.47. The maximum atomic E-state index is 4.47. The van der Waals surface area contributed by atoms with Crippen molar-refractivity contribution in [3.05, 3.63) is 54.9 Å².